The third-order valence-corrected chi connectivity index (χ3v) is 3.39. The Bertz CT molecular complexity index is 188. The summed E-state index contributed by atoms with van der Waals surface area (Å²) in [7, 11) is 1.67. The minimum atomic E-state index is -0.0599. The van der Waals surface area contributed by atoms with Gasteiger partial charge in [0.05, 0.1) is 0 Å². The van der Waals surface area contributed by atoms with E-state index in [2.05, 4.69) is 0 Å². The number of ether oxygens (including phenoxy) is 1. The van der Waals surface area contributed by atoms with E-state index in [0.717, 1.165) is 6.42 Å². The molecule has 0 aromatic carbocycles. The van der Waals surface area contributed by atoms with Crippen molar-refractivity contribution in [2.45, 2.75) is 38.2 Å². The first-order chi connectivity index (χ1) is 5.83. The molecule has 2 aliphatic rings. The Labute approximate surface area is 73.3 Å². The van der Waals surface area contributed by atoms with E-state index in [4.69, 9.17) is 4.74 Å². The number of carbonyl (C=O) groups excluding carboxylic acids is 1. The number of carbonyl (C=O) groups is 1. The maximum Gasteiger partial charge on any atom is 0.162 e. The summed E-state index contributed by atoms with van der Waals surface area (Å²) in [5, 5.41) is 0. The van der Waals surface area contributed by atoms with Crippen LogP contribution in [0.3, 0.4) is 0 Å². The van der Waals surface area contributed by atoms with Gasteiger partial charge in [0.1, 0.15) is 6.10 Å². The van der Waals surface area contributed by atoms with Gasteiger partial charge in [0.15, 0.2) is 5.78 Å². The Morgan fingerprint density at radius 3 is 2.83 bits per heavy atom. The molecule has 0 radical (unpaired) electrons. The number of rotatable bonds is 1. The van der Waals surface area contributed by atoms with Crippen LogP contribution in [0.4, 0.5) is 0 Å². The van der Waals surface area contributed by atoms with Crippen molar-refractivity contribution in [2.75, 3.05) is 7.11 Å². The van der Waals surface area contributed by atoms with Crippen LogP contribution in [-0.4, -0.2) is 19.0 Å². The van der Waals surface area contributed by atoms with Gasteiger partial charge in [0.2, 0.25) is 0 Å². The molecule has 0 spiro atoms. The van der Waals surface area contributed by atoms with Crippen LogP contribution < -0.4 is 0 Å². The maximum absolute atomic E-state index is 11.4. The normalized spacial score (nSPS) is 41.4. The SMILES string of the molecule is CO[C@H]1C(=O)C[C@@H]2CCCC[C@@H]21. The molecule has 0 heterocycles. The number of ketones is 1. The van der Waals surface area contributed by atoms with Gasteiger partial charge in [-0.25, -0.2) is 0 Å². The summed E-state index contributed by atoms with van der Waals surface area (Å²) in [5.74, 6) is 1.54. The monoisotopic (exact) mass is 168 g/mol. The van der Waals surface area contributed by atoms with Crippen molar-refractivity contribution >= 4 is 5.78 Å². The number of hydrogen-bond acceptors (Lipinski definition) is 2. The fourth-order valence-electron chi connectivity index (χ4n) is 2.81. The zero-order chi connectivity index (χ0) is 8.55. The van der Waals surface area contributed by atoms with Crippen LogP contribution in [0.15, 0.2) is 0 Å². The fourth-order valence-corrected chi connectivity index (χ4v) is 2.81. The predicted molar refractivity (Wildman–Crippen MR) is 45.9 cm³/mol. The highest BCUT2D eigenvalue weighted by Gasteiger charge is 2.43. The highest BCUT2D eigenvalue weighted by atomic mass is 16.5. The van der Waals surface area contributed by atoms with Gasteiger partial charge >= 0.3 is 0 Å². The molecule has 0 aromatic heterocycles. The number of hydrogen-bond donors (Lipinski definition) is 0. The Balaban J connectivity index is 2.10. The van der Waals surface area contributed by atoms with Crippen molar-refractivity contribution in [3.63, 3.8) is 0 Å². The molecule has 2 fully saturated rings. The quantitative estimate of drug-likeness (QED) is 0.596. The summed E-state index contributed by atoms with van der Waals surface area (Å²) in [6.07, 6.45) is 5.77. The average molecular weight is 168 g/mol. The molecule has 0 aliphatic heterocycles. The smallest absolute Gasteiger partial charge is 0.162 e. The fraction of sp³-hybridized carbons (Fsp3) is 0.900. The molecule has 0 unspecified atom stereocenters. The zero-order valence-electron chi connectivity index (χ0n) is 7.58. The summed E-state index contributed by atoms with van der Waals surface area (Å²) >= 11 is 0. The van der Waals surface area contributed by atoms with Crippen LogP contribution in [0.2, 0.25) is 0 Å². The first kappa shape index (κ1) is 8.24. The van der Waals surface area contributed by atoms with Crippen LogP contribution >= 0.6 is 0 Å². The number of Topliss-reactive ketones (excluding diaryl/α,β-unsaturated/α-hetero) is 1. The summed E-state index contributed by atoms with van der Waals surface area (Å²) in [6, 6.07) is 0. The Hall–Kier alpha value is -0.370. The maximum atomic E-state index is 11.4. The van der Waals surface area contributed by atoms with Gasteiger partial charge in [-0.1, -0.05) is 12.8 Å². The van der Waals surface area contributed by atoms with Gasteiger partial charge in [-0.05, 0) is 24.7 Å². The van der Waals surface area contributed by atoms with Gasteiger partial charge in [-0.3, -0.25) is 4.79 Å². The molecule has 68 valence electrons. The van der Waals surface area contributed by atoms with Crippen LogP contribution in [0.1, 0.15) is 32.1 Å². The van der Waals surface area contributed by atoms with E-state index in [1.807, 2.05) is 0 Å². The number of fused-ring (bicyclic) bond motifs is 1. The first-order valence-corrected chi connectivity index (χ1v) is 4.88. The highest BCUT2D eigenvalue weighted by molar-refractivity contribution is 5.86. The summed E-state index contributed by atoms with van der Waals surface area (Å²) in [4.78, 5) is 11.4. The van der Waals surface area contributed by atoms with Crippen molar-refractivity contribution in [1.29, 1.82) is 0 Å². The van der Waals surface area contributed by atoms with Gasteiger partial charge in [-0.2, -0.15) is 0 Å². The van der Waals surface area contributed by atoms with Crippen molar-refractivity contribution in [3.05, 3.63) is 0 Å². The van der Waals surface area contributed by atoms with E-state index in [9.17, 15) is 4.79 Å². The predicted octanol–water partition coefficient (Wildman–Crippen LogP) is 1.78. The Morgan fingerprint density at radius 1 is 1.33 bits per heavy atom. The lowest BCUT2D eigenvalue weighted by Crippen LogP contribution is -2.27. The van der Waals surface area contributed by atoms with Crippen molar-refractivity contribution in [3.8, 4) is 0 Å². The molecule has 0 bridgehead atoms. The average Bonchev–Trinajstić information content (AvgIpc) is 2.40. The first-order valence-electron chi connectivity index (χ1n) is 4.88. The minimum Gasteiger partial charge on any atom is -0.373 e. The van der Waals surface area contributed by atoms with E-state index in [0.29, 0.717) is 17.6 Å². The van der Waals surface area contributed by atoms with E-state index >= 15 is 0 Å². The molecule has 2 nitrogen and oxygen atoms in total. The molecule has 2 rings (SSSR count). The second kappa shape index (κ2) is 3.17. The van der Waals surface area contributed by atoms with Gasteiger partial charge in [-0.15, -0.1) is 0 Å². The molecule has 12 heavy (non-hydrogen) atoms. The minimum absolute atomic E-state index is 0.0599. The van der Waals surface area contributed by atoms with Gasteiger partial charge < -0.3 is 4.74 Å². The lowest BCUT2D eigenvalue weighted by Gasteiger charge is -2.27. The largest absolute Gasteiger partial charge is 0.373 e. The van der Waals surface area contributed by atoms with Crippen molar-refractivity contribution in [1.82, 2.24) is 0 Å². The van der Waals surface area contributed by atoms with Crippen LogP contribution in [-0.2, 0) is 9.53 Å². The third-order valence-electron chi connectivity index (χ3n) is 3.39. The lowest BCUT2D eigenvalue weighted by atomic mass is 9.81. The van der Waals surface area contributed by atoms with Gasteiger partial charge in [0, 0.05) is 13.5 Å². The molecule has 0 aromatic rings. The molecule has 2 saturated carbocycles. The van der Waals surface area contributed by atoms with Crippen molar-refractivity contribution in [2.24, 2.45) is 11.8 Å². The molecule has 2 heteroatoms. The number of methoxy groups -OCH3 is 1. The topological polar surface area (TPSA) is 26.3 Å². The van der Waals surface area contributed by atoms with Crippen LogP contribution in [0, 0.1) is 11.8 Å². The van der Waals surface area contributed by atoms with E-state index in [1.165, 1.54) is 25.7 Å². The van der Waals surface area contributed by atoms with Crippen LogP contribution in [0.5, 0.6) is 0 Å². The third kappa shape index (κ3) is 1.18. The molecule has 0 saturated heterocycles. The second-order valence-corrected chi connectivity index (χ2v) is 4.04. The molecule has 0 N–H and O–H groups in total. The second-order valence-electron chi connectivity index (χ2n) is 4.04. The molecular formula is C10H16O2. The zero-order valence-corrected chi connectivity index (χ0v) is 7.58. The summed E-state index contributed by atoms with van der Waals surface area (Å²) in [5.41, 5.74) is 0. The lowest BCUT2D eigenvalue weighted by molar-refractivity contribution is -0.127. The van der Waals surface area contributed by atoms with Crippen LogP contribution in [0.25, 0.3) is 0 Å². The van der Waals surface area contributed by atoms with Crippen molar-refractivity contribution < 1.29 is 9.53 Å². The highest BCUT2D eigenvalue weighted by Crippen LogP contribution is 2.41. The summed E-state index contributed by atoms with van der Waals surface area (Å²) < 4.78 is 5.24. The van der Waals surface area contributed by atoms with Gasteiger partial charge in [0.25, 0.3) is 0 Å². The van der Waals surface area contributed by atoms with E-state index in [-0.39, 0.29) is 6.10 Å². The molecular weight excluding hydrogens is 152 g/mol. The van der Waals surface area contributed by atoms with E-state index < -0.39 is 0 Å². The Morgan fingerprint density at radius 2 is 2.08 bits per heavy atom. The molecule has 0 amide bonds. The molecule has 2 aliphatic carbocycles. The standard InChI is InChI=1S/C10H16O2/c1-12-10-8-5-3-2-4-7(8)6-9(10)11/h7-8,10H,2-6H2,1H3/t7-,8-,10+/m0/s1. The Kier molecular flexibility index (Phi) is 2.18. The summed E-state index contributed by atoms with van der Waals surface area (Å²) in [6.45, 7) is 0. The van der Waals surface area contributed by atoms with E-state index in [1.54, 1.807) is 7.11 Å². The molecule has 3 atom stereocenters.